The molecule has 3 aromatic heterocycles. The first kappa shape index (κ1) is 17.8. The first-order valence-electron chi connectivity index (χ1n) is 9.37. The molecule has 1 atom stereocenters. The molecule has 1 aromatic carbocycles. The Hall–Kier alpha value is -4.31. The number of nitrogens with zero attached hydrogens (tertiary/aromatic N) is 5. The van der Waals surface area contributed by atoms with Gasteiger partial charge in [-0.2, -0.15) is 5.26 Å². The summed E-state index contributed by atoms with van der Waals surface area (Å²) in [5.74, 6) is 0.503. The molecule has 0 saturated heterocycles. The van der Waals surface area contributed by atoms with E-state index in [0.29, 0.717) is 23.6 Å². The van der Waals surface area contributed by atoms with Gasteiger partial charge < -0.3 is 10.2 Å². The van der Waals surface area contributed by atoms with Crippen molar-refractivity contribution in [1.29, 1.82) is 5.26 Å². The number of hydrogen-bond acceptors (Lipinski definition) is 7. The summed E-state index contributed by atoms with van der Waals surface area (Å²) < 4.78 is 5.47. The van der Waals surface area contributed by atoms with Crippen LogP contribution in [0.15, 0.2) is 76.5 Å². The summed E-state index contributed by atoms with van der Waals surface area (Å²) in [4.78, 5) is 18.0. The van der Waals surface area contributed by atoms with Crippen molar-refractivity contribution in [2.75, 3.05) is 5.73 Å². The van der Waals surface area contributed by atoms with Gasteiger partial charge in [-0.15, -0.1) is 0 Å². The topological polar surface area (TPSA) is 114 Å². The Bertz CT molecular complexity index is 1340. The van der Waals surface area contributed by atoms with Crippen LogP contribution < -0.4 is 5.73 Å². The van der Waals surface area contributed by atoms with Crippen LogP contribution in [0, 0.1) is 11.3 Å². The monoisotopic (exact) mass is 392 g/mol. The maximum atomic E-state index is 9.97. The highest BCUT2D eigenvalue weighted by Gasteiger charge is 2.37. The number of nitrogen functional groups attached to an aromatic ring is 1. The molecule has 2 N–H and O–H groups in total. The first-order valence-corrected chi connectivity index (χ1v) is 9.37. The zero-order valence-electron chi connectivity index (χ0n) is 15.9. The van der Waals surface area contributed by atoms with Gasteiger partial charge in [-0.1, -0.05) is 24.3 Å². The fourth-order valence-electron chi connectivity index (χ4n) is 3.74. The van der Waals surface area contributed by atoms with Crippen molar-refractivity contribution >= 4 is 22.9 Å². The molecule has 0 fully saturated rings. The molecule has 0 bridgehead atoms. The van der Waals surface area contributed by atoms with E-state index in [4.69, 9.17) is 10.2 Å². The molecule has 7 heteroatoms. The van der Waals surface area contributed by atoms with Gasteiger partial charge in [0.25, 0.3) is 0 Å². The number of rotatable bonds is 4. The van der Waals surface area contributed by atoms with Gasteiger partial charge in [-0.3, -0.25) is 9.98 Å². The number of nitrogens with two attached hydrogens (primary N) is 1. The van der Waals surface area contributed by atoms with Crippen molar-refractivity contribution in [3.8, 4) is 17.5 Å². The molecule has 1 aliphatic heterocycles. The summed E-state index contributed by atoms with van der Waals surface area (Å²) in [5.41, 5.74) is 7.01. The largest absolute Gasteiger partial charge is 0.463 e. The number of fused-ring (bicyclic) bond motifs is 1. The van der Waals surface area contributed by atoms with Crippen molar-refractivity contribution < 1.29 is 4.42 Å². The second kappa shape index (κ2) is 6.94. The van der Waals surface area contributed by atoms with Gasteiger partial charge in [0, 0.05) is 29.9 Å². The number of anilines is 1. The van der Waals surface area contributed by atoms with Crippen LogP contribution in [0.2, 0.25) is 0 Å². The smallest absolute Gasteiger partial charge is 0.221 e. The maximum absolute atomic E-state index is 9.97. The zero-order valence-corrected chi connectivity index (χ0v) is 15.9. The molecule has 1 aliphatic rings. The lowest BCUT2D eigenvalue weighted by Crippen LogP contribution is -2.27. The molecule has 7 nitrogen and oxygen atoms in total. The predicted molar refractivity (Wildman–Crippen MR) is 114 cm³/mol. The molecule has 0 amide bonds. The quantitative estimate of drug-likeness (QED) is 0.565. The van der Waals surface area contributed by atoms with Crippen molar-refractivity contribution in [3.05, 3.63) is 84.0 Å². The molecule has 4 aromatic rings. The van der Waals surface area contributed by atoms with E-state index in [-0.39, 0.29) is 11.5 Å². The Balaban J connectivity index is 1.67. The van der Waals surface area contributed by atoms with E-state index in [1.54, 1.807) is 18.3 Å². The van der Waals surface area contributed by atoms with Crippen LogP contribution in [0.3, 0.4) is 0 Å². The first-order chi connectivity index (χ1) is 14.7. The van der Waals surface area contributed by atoms with Gasteiger partial charge in [-0.25, -0.2) is 9.97 Å². The average Bonchev–Trinajstić information content (AvgIpc) is 3.46. The molecule has 4 heterocycles. The van der Waals surface area contributed by atoms with Crippen LogP contribution in [0.25, 0.3) is 22.2 Å². The lowest BCUT2D eigenvalue weighted by molar-refractivity contribution is 0.542. The Morgan fingerprint density at radius 2 is 1.97 bits per heavy atom. The van der Waals surface area contributed by atoms with Crippen molar-refractivity contribution in [1.82, 2.24) is 15.0 Å². The molecule has 144 valence electrons. The van der Waals surface area contributed by atoms with Gasteiger partial charge in [0.15, 0.2) is 5.76 Å². The minimum absolute atomic E-state index is 0.0525. The Kier molecular flexibility index (Phi) is 4.11. The van der Waals surface area contributed by atoms with Crippen LogP contribution in [0.4, 0.5) is 5.95 Å². The van der Waals surface area contributed by atoms with Crippen LogP contribution in [0.5, 0.6) is 0 Å². The van der Waals surface area contributed by atoms with Crippen LogP contribution in [-0.4, -0.2) is 21.2 Å². The third kappa shape index (κ3) is 2.91. The number of furan rings is 1. The summed E-state index contributed by atoms with van der Waals surface area (Å²) in [6.45, 7) is 0. The number of benzene rings is 1. The number of allylic oxidation sites excluding steroid dienone is 1. The Labute approximate surface area is 172 Å². The summed E-state index contributed by atoms with van der Waals surface area (Å²) in [7, 11) is 0. The van der Waals surface area contributed by atoms with Crippen molar-refractivity contribution in [2.45, 2.75) is 12.0 Å². The third-order valence-electron chi connectivity index (χ3n) is 5.10. The van der Waals surface area contributed by atoms with Crippen LogP contribution >= 0.6 is 0 Å². The van der Waals surface area contributed by atoms with E-state index >= 15 is 0 Å². The molecule has 0 saturated carbocycles. The number of nitriles is 1. The van der Waals surface area contributed by atoms with E-state index in [2.05, 4.69) is 26.0 Å². The van der Waals surface area contributed by atoms with E-state index < -0.39 is 5.54 Å². The summed E-state index contributed by atoms with van der Waals surface area (Å²) >= 11 is 0. The van der Waals surface area contributed by atoms with E-state index in [0.717, 1.165) is 16.5 Å². The van der Waals surface area contributed by atoms with Crippen molar-refractivity contribution in [2.24, 2.45) is 4.99 Å². The second-order valence-corrected chi connectivity index (χ2v) is 7.00. The average molecular weight is 392 g/mol. The molecule has 1 unspecified atom stereocenters. The van der Waals surface area contributed by atoms with Gasteiger partial charge in [0.2, 0.25) is 5.95 Å². The van der Waals surface area contributed by atoms with Crippen molar-refractivity contribution in [3.63, 3.8) is 0 Å². The van der Waals surface area contributed by atoms with E-state index in [1.807, 2.05) is 48.7 Å². The highest BCUT2D eigenvalue weighted by Crippen LogP contribution is 2.38. The zero-order chi connectivity index (χ0) is 20.6. The minimum atomic E-state index is -0.904. The molecular weight excluding hydrogens is 376 g/mol. The summed E-state index contributed by atoms with van der Waals surface area (Å²) in [6, 6.07) is 15.8. The Morgan fingerprint density at radius 1 is 1.10 bits per heavy atom. The standard InChI is InChI=1S/C23H16N6O/c24-13-18-20(19-7-3-10-30-19)28-22(25)29-21(18)23(8-4-9-27-23)12-17-11-15-5-1-2-6-16(15)14-26-17/h1-11,14H,12H2,(H2,25,28,29). The SMILES string of the molecule is N#Cc1c(-c2ccco2)nc(N)nc1C1(Cc2cc3ccccc3cn2)C=CC=N1. The molecule has 30 heavy (non-hydrogen) atoms. The lowest BCUT2D eigenvalue weighted by Gasteiger charge is -2.25. The minimum Gasteiger partial charge on any atom is -0.463 e. The van der Waals surface area contributed by atoms with Crippen LogP contribution in [0.1, 0.15) is 17.0 Å². The van der Waals surface area contributed by atoms with Crippen LogP contribution in [-0.2, 0) is 12.0 Å². The molecule has 0 radical (unpaired) electrons. The number of aliphatic imine (C=N–C) groups is 1. The fourth-order valence-corrected chi connectivity index (χ4v) is 3.74. The number of hydrogen-bond donors (Lipinski definition) is 1. The van der Waals surface area contributed by atoms with Gasteiger partial charge in [0.05, 0.1) is 12.0 Å². The highest BCUT2D eigenvalue weighted by atomic mass is 16.3. The molecule has 5 rings (SSSR count). The molecule has 0 spiro atoms. The van der Waals surface area contributed by atoms with Gasteiger partial charge in [0.1, 0.15) is 22.9 Å². The highest BCUT2D eigenvalue weighted by molar-refractivity contribution is 5.82. The lowest BCUT2D eigenvalue weighted by atomic mass is 9.86. The third-order valence-corrected chi connectivity index (χ3v) is 5.10. The van der Waals surface area contributed by atoms with E-state index in [9.17, 15) is 5.26 Å². The van der Waals surface area contributed by atoms with Gasteiger partial charge >= 0.3 is 0 Å². The van der Waals surface area contributed by atoms with E-state index in [1.165, 1.54) is 6.26 Å². The normalized spacial score (nSPS) is 17.4. The predicted octanol–water partition coefficient (Wildman–Crippen LogP) is 3.82. The van der Waals surface area contributed by atoms with Gasteiger partial charge in [-0.05, 0) is 35.7 Å². The summed E-state index contributed by atoms with van der Waals surface area (Å²) in [6.07, 6.45) is 9.25. The number of aromatic nitrogens is 3. The maximum Gasteiger partial charge on any atom is 0.221 e. The second-order valence-electron chi connectivity index (χ2n) is 7.00. The number of pyridine rings is 1. The molecule has 0 aliphatic carbocycles. The Morgan fingerprint density at radius 3 is 2.70 bits per heavy atom. The summed E-state index contributed by atoms with van der Waals surface area (Å²) in [5, 5.41) is 12.1. The molecular formula is C23H16N6O. The fraction of sp³-hybridized carbons (Fsp3) is 0.0870.